The zero-order valence-electron chi connectivity index (χ0n) is 16.9. The maximum Gasteiger partial charge on any atom is 0.278 e. The lowest BCUT2D eigenvalue weighted by Gasteiger charge is -2.37. The Hall–Kier alpha value is -3.47. The molecule has 0 aliphatic heterocycles. The van der Waals surface area contributed by atoms with E-state index in [0.29, 0.717) is 11.3 Å². The molecular formula is C21H17ClF3N5O3. The summed E-state index contributed by atoms with van der Waals surface area (Å²) in [5.74, 6) is -4.46. The summed E-state index contributed by atoms with van der Waals surface area (Å²) in [5.41, 5.74) is -1.73. The summed E-state index contributed by atoms with van der Waals surface area (Å²) in [7, 11) is 0. The molecule has 2 heterocycles. The molecular weight excluding hydrogens is 463 g/mol. The van der Waals surface area contributed by atoms with Crippen molar-refractivity contribution in [2.75, 3.05) is 4.90 Å². The van der Waals surface area contributed by atoms with Gasteiger partial charge in [0.05, 0.1) is 18.1 Å². The van der Waals surface area contributed by atoms with Gasteiger partial charge in [0, 0.05) is 48.6 Å². The molecule has 1 fully saturated rings. The van der Waals surface area contributed by atoms with Crippen LogP contribution < -0.4 is 10.2 Å². The van der Waals surface area contributed by atoms with Crippen LogP contribution in [0.15, 0.2) is 59.6 Å². The number of carbonyl (C=O) groups is 2. The van der Waals surface area contributed by atoms with Crippen molar-refractivity contribution in [2.24, 2.45) is 0 Å². The number of halogens is 4. The number of amides is 2. The fourth-order valence-corrected chi connectivity index (χ4v) is 3.64. The molecule has 1 aliphatic carbocycles. The van der Waals surface area contributed by atoms with Gasteiger partial charge in [-0.1, -0.05) is 16.8 Å². The van der Waals surface area contributed by atoms with Crippen LogP contribution in [0.2, 0.25) is 0 Å². The summed E-state index contributed by atoms with van der Waals surface area (Å²) < 4.78 is 45.6. The van der Waals surface area contributed by atoms with Gasteiger partial charge in [0.1, 0.15) is 0 Å². The van der Waals surface area contributed by atoms with Gasteiger partial charge >= 0.3 is 0 Å². The second-order valence-electron chi connectivity index (χ2n) is 7.44. The van der Waals surface area contributed by atoms with E-state index in [1.165, 1.54) is 36.9 Å². The summed E-state index contributed by atoms with van der Waals surface area (Å²) in [6, 6.07) is 5.40. The smallest absolute Gasteiger partial charge is 0.278 e. The minimum absolute atomic E-state index is 0.00561. The highest BCUT2D eigenvalue weighted by molar-refractivity contribution is 6.32. The molecule has 33 heavy (non-hydrogen) atoms. The van der Waals surface area contributed by atoms with E-state index in [-0.39, 0.29) is 11.4 Å². The van der Waals surface area contributed by atoms with Crippen LogP contribution in [0.25, 0.3) is 11.3 Å². The quantitative estimate of drug-likeness (QED) is 0.519. The maximum absolute atomic E-state index is 14.0. The Labute approximate surface area is 190 Å². The Bertz CT molecular complexity index is 1110. The Morgan fingerprint density at radius 3 is 2.42 bits per heavy atom. The van der Waals surface area contributed by atoms with E-state index in [0.717, 1.165) is 4.90 Å². The highest BCUT2D eigenvalue weighted by atomic mass is 35.5. The molecule has 1 aromatic carbocycles. The first-order valence-corrected chi connectivity index (χ1v) is 10.3. The average Bonchev–Trinajstić information content (AvgIpc) is 3.31. The van der Waals surface area contributed by atoms with Gasteiger partial charge in [-0.05, 0) is 24.3 Å². The number of nitrogens with zero attached hydrogens (tertiary/aromatic N) is 4. The lowest BCUT2D eigenvalue weighted by Crippen LogP contribution is -2.54. The normalized spacial score (nSPS) is 17.0. The molecule has 4 rings (SSSR count). The van der Waals surface area contributed by atoms with E-state index < -0.39 is 48.3 Å². The van der Waals surface area contributed by atoms with E-state index in [9.17, 15) is 22.8 Å². The van der Waals surface area contributed by atoms with Crippen molar-refractivity contribution in [3.63, 3.8) is 0 Å². The zero-order chi connectivity index (χ0) is 23.6. The molecule has 172 valence electrons. The number of rotatable bonds is 7. The number of aromatic nitrogens is 3. The number of hydrogen-bond donors (Lipinski definition) is 1. The second kappa shape index (κ2) is 9.18. The Balaban J connectivity index is 1.71. The SMILES string of the molecule is O=C(NC1CC(F)(F)C1)C(c1cnccn1)N(C(=O)[C@H](F)Cl)c1ccc(-c2ccno2)cc1. The standard InChI is InChI=1S/C21H17ClF3N5O3/c22-18(23)20(32)30(14-3-1-12(2-4-14)16-5-6-28-33-16)17(15-11-26-7-8-27-15)19(31)29-13-9-21(24,25)10-13/h1-8,11,13,17-18H,9-10H2,(H,29,31)/t17?,18-/m0/s1. The van der Waals surface area contributed by atoms with Crippen LogP contribution in [0.3, 0.4) is 0 Å². The number of nitrogens with one attached hydrogen (secondary N) is 1. The lowest BCUT2D eigenvalue weighted by atomic mass is 9.88. The fourth-order valence-electron chi connectivity index (χ4n) is 3.54. The van der Waals surface area contributed by atoms with Crippen LogP contribution in [0.5, 0.6) is 0 Å². The average molecular weight is 480 g/mol. The van der Waals surface area contributed by atoms with Crippen LogP contribution in [0.4, 0.5) is 18.9 Å². The zero-order valence-corrected chi connectivity index (χ0v) is 17.6. The summed E-state index contributed by atoms with van der Waals surface area (Å²) in [6.07, 6.45) is 4.25. The number of anilines is 1. The van der Waals surface area contributed by atoms with E-state index in [1.54, 1.807) is 18.2 Å². The van der Waals surface area contributed by atoms with Crippen molar-refractivity contribution < 1.29 is 27.3 Å². The largest absolute Gasteiger partial charge is 0.356 e. The van der Waals surface area contributed by atoms with Gasteiger partial charge in [-0.25, -0.2) is 13.2 Å². The van der Waals surface area contributed by atoms with Crippen LogP contribution >= 0.6 is 11.6 Å². The molecule has 1 saturated carbocycles. The van der Waals surface area contributed by atoms with Crippen molar-refractivity contribution in [3.05, 3.63) is 60.8 Å². The van der Waals surface area contributed by atoms with Crippen molar-refractivity contribution in [1.82, 2.24) is 20.4 Å². The number of alkyl halides is 4. The van der Waals surface area contributed by atoms with Crippen molar-refractivity contribution in [2.45, 2.75) is 36.5 Å². The molecule has 0 spiro atoms. The fraction of sp³-hybridized carbons (Fsp3) is 0.286. The van der Waals surface area contributed by atoms with Gasteiger partial charge < -0.3 is 9.84 Å². The maximum atomic E-state index is 14.0. The summed E-state index contributed by atoms with van der Waals surface area (Å²) in [5, 5.41) is 6.10. The van der Waals surface area contributed by atoms with E-state index >= 15 is 0 Å². The number of carbonyl (C=O) groups excluding carboxylic acids is 2. The summed E-state index contributed by atoms with van der Waals surface area (Å²) in [6.45, 7) is 0. The van der Waals surface area contributed by atoms with Gasteiger partial charge in [0.15, 0.2) is 11.8 Å². The predicted octanol–water partition coefficient (Wildman–Crippen LogP) is 3.65. The van der Waals surface area contributed by atoms with Crippen molar-refractivity contribution >= 4 is 29.1 Å². The summed E-state index contributed by atoms with van der Waals surface area (Å²) in [4.78, 5) is 34.7. The van der Waals surface area contributed by atoms with E-state index in [4.69, 9.17) is 16.1 Å². The molecule has 2 amide bonds. The van der Waals surface area contributed by atoms with Crippen LogP contribution in [0, 0.1) is 0 Å². The predicted molar refractivity (Wildman–Crippen MR) is 111 cm³/mol. The number of hydrogen-bond acceptors (Lipinski definition) is 6. The molecule has 3 aromatic rings. The molecule has 12 heteroatoms. The van der Waals surface area contributed by atoms with Crippen molar-refractivity contribution in [3.8, 4) is 11.3 Å². The highest BCUT2D eigenvalue weighted by Gasteiger charge is 2.47. The molecule has 2 aromatic heterocycles. The third-order valence-electron chi connectivity index (χ3n) is 5.10. The molecule has 1 N–H and O–H groups in total. The lowest BCUT2D eigenvalue weighted by molar-refractivity contribution is -0.133. The minimum atomic E-state index is -2.87. The Morgan fingerprint density at radius 2 is 1.88 bits per heavy atom. The minimum Gasteiger partial charge on any atom is -0.356 e. The Kier molecular flexibility index (Phi) is 6.32. The van der Waals surface area contributed by atoms with Crippen LogP contribution in [-0.2, 0) is 9.59 Å². The Morgan fingerprint density at radius 1 is 1.15 bits per heavy atom. The van der Waals surface area contributed by atoms with Gasteiger partial charge in [-0.2, -0.15) is 0 Å². The molecule has 0 saturated heterocycles. The topological polar surface area (TPSA) is 101 Å². The van der Waals surface area contributed by atoms with E-state index in [2.05, 4.69) is 20.4 Å². The molecule has 0 bridgehead atoms. The monoisotopic (exact) mass is 479 g/mol. The van der Waals surface area contributed by atoms with Gasteiger partial charge in [0.25, 0.3) is 17.5 Å². The third kappa shape index (κ3) is 4.98. The molecule has 1 aliphatic rings. The third-order valence-corrected chi connectivity index (χ3v) is 5.28. The molecule has 2 atom stereocenters. The van der Waals surface area contributed by atoms with Gasteiger partial charge in [0.2, 0.25) is 5.91 Å². The first-order chi connectivity index (χ1) is 15.7. The van der Waals surface area contributed by atoms with Crippen LogP contribution in [-0.4, -0.2) is 44.5 Å². The second-order valence-corrected chi connectivity index (χ2v) is 7.82. The molecule has 0 radical (unpaired) electrons. The van der Waals surface area contributed by atoms with Gasteiger partial charge in [-0.15, -0.1) is 0 Å². The van der Waals surface area contributed by atoms with Crippen LogP contribution in [0.1, 0.15) is 24.6 Å². The van der Waals surface area contributed by atoms with Crippen molar-refractivity contribution in [1.29, 1.82) is 0 Å². The van der Waals surface area contributed by atoms with Gasteiger partial charge in [-0.3, -0.25) is 24.5 Å². The first-order valence-electron chi connectivity index (χ1n) is 9.81. The van der Waals surface area contributed by atoms with E-state index in [1.807, 2.05) is 0 Å². The molecule has 1 unspecified atom stereocenters. The first kappa shape index (κ1) is 22.7. The summed E-state index contributed by atoms with van der Waals surface area (Å²) >= 11 is 5.46. The number of benzene rings is 1. The highest BCUT2D eigenvalue weighted by Crippen LogP contribution is 2.38. The molecule has 8 nitrogen and oxygen atoms in total.